The summed E-state index contributed by atoms with van der Waals surface area (Å²) in [6.45, 7) is 2.14. The quantitative estimate of drug-likeness (QED) is 0.178. The number of aromatic nitrogens is 1. The molecule has 61 heavy (non-hydrogen) atoms. The summed E-state index contributed by atoms with van der Waals surface area (Å²) >= 11 is 0. The number of allylic oxidation sites excluding steroid dienone is 1. The van der Waals surface area contributed by atoms with Gasteiger partial charge in [-0.1, -0.05) is 164 Å². The number of para-hydroxylation sites is 6. The molecule has 0 bridgehead atoms. The van der Waals surface area contributed by atoms with E-state index in [1.807, 2.05) is 0 Å². The van der Waals surface area contributed by atoms with Crippen LogP contribution in [0.25, 0.3) is 66.3 Å². The second-order valence-corrected chi connectivity index (χ2v) is 17.2. The van der Waals surface area contributed by atoms with Gasteiger partial charge in [0, 0.05) is 44.5 Å². The smallest absolute Gasteiger partial charge is 0.159 e. The van der Waals surface area contributed by atoms with Gasteiger partial charge in [0.05, 0.1) is 33.5 Å². The second-order valence-electron chi connectivity index (χ2n) is 17.2. The summed E-state index contributed by atoms with van der Waals surface area (Å²) < 4.78 is 9.52. The van der Waals surface area contributed by atoms with Gasteiger partial charge in [-0.05, 0) is 87.7 Å². The van der Waals surface area contributed by atoms with E-state index < -0.39 is 5.41 Å². The van der Waals surface area contributed by atoms with Crippen LogP contribution in [0.1, 0.15) is 44.9 Å². The van der Waals surface area contributed by atoms with Crippen molar-refractivity contribution >= 4 is 77.7 Å². The second kappa shape index (κ2) is 12.0. The van der Waals surface area contributed by atoms with Crippen LogP contribution in [0.2, 0.25) is 0 Å². The third-order valence-electron chi connectivity index (χ3n) is 14.4. The highest BCUT2D eigenvalue weighted by molar-refractivity contribution is 6.14. The Morgan fingerprint density at radius 1 is 0.525 bits per heavy atom. The van der Waals surface area contributed by atoms with Gasteiger partial charge < -0.3 is 13.9 Å². The number of rotatable bonds is 3. The normalized spacial score (nSPS) is 18.2. The minimum absolute atomic E-state index is 0.113. The Morgan fingerprint density at radius 2 is 1.20 bits per heavy atom. The largest absolute Gasteiger partial charge is 0.454 e. The Morgan fingerprint density at radius 3 is 2.10 bits per heavy atom. The average Bonchev–Trinajstić information content (AvgIpc) is 3.97. The average molecular weight is 779 g/mol. The fourth-order valence-electron chi connectivity index (χ4n) is 12.1. The molecule has 1 spiro atoms. The van der Waals surface area contributed by atoms with Crippen molar-refractivity contribution in [2.24, 2.45) is 5.92 Å². The molecule has 3 atom stereocenters. The van der Waals surface area contributed by atoms with Crippen LogP contribution in [0.4, 0.5) is 17.1 Å². The fourth-order valence-corrected chi connectivity index (χ4v) is 12.1. The summed E-state index contributed by atoms with van der Waals surface area (Å²) in [5.41, 5.74) is 17.7. The number of aryl methyl sites for hydroxylation is 1. The van der Waals surface area contributed by atoms with Crippen LogP contribution < -0.4 is 4.90 Å². The molecule has 9 aromatic carbocycles. The standard InChI is InChI=1S/C58H38N2O/c1-35-16-13-25-43-44-26-15-31-51(57(44)61-56(35)43)59(37-18-3-2-4-19-37)52-34-48-54(41-23-8-7-21-39(41)52)53-38-20-6-5-17-36(38)32-33-46(53)58(48)45-27-10-12-30-50(45)60-49-29-11-9-22-40(49)42-24-14-28-47(58)55(42)60/h2-34,46,53H,1H3. The van der Waals surface area contributed by atoms with E-state index in [0.717, 1.165) is 44.6 Å². The molecule has 3 unspecified atom stereocenters. The number of furan rings is 1. The minimum atomic E-state index is -0.520. The lowest BCUT2D eigenvalue weighted by molar-refractivity contribution is 0.449. The Bertz CT molecular complexity index is 3700. The maximum absolute atomic E-state index is 6.97. The molecule has 0 saturated carbocycles. The lowest BCUT2D eigenvalue weighted by atomic mass is 9.60. The van der Waals surface area contributed by atoms with Crippen molar-refractivity contribution in [1.82, 2.24) is 4.57 Å². The minimum Gasteiger partial charge on any atom is -0.454 e. The lowest BCUT2D eigenvalue weighted by Gasteiger charge is -2.44. The van der Waals surface area contributed by atoms with E-state index in [0.29, 0.717) is 0 Å². The first-order valence-corrected chi connectivity index (χ1v) is 21.4. The van der Waals surface area contributed by atoms with Crippen LogP contribution in [0.3, 0.4) is 0 Å². The van der Waals surface area contributed by atoms with Gasteiger partial charge in [-0.2, -0.15) is 0 Å². The number of anilines is 3. The highest BCUT2D eigenvalue weighted by atomic mass is 16.3. The Kier molecular flexibility index (Phi) is 6.53. The molecule has 14 rings (SSSR count). The molecule has 3 heterocycles. The Hall–Kier alpha value is -7.62. The number of hydrogen-bond donors (Lipinski definition) is 0. The van der Waals surface area contributed by atoms with E-state index in [-0.39, 0.29) is 11.8 Å². The lowest BCUT2D eigenvalue weighted by Crippen LogP contribution is -2.39. The zero-order valence-corrected chi connectivity index (χ0v) is 33.5. The van der Waals surface area contributed by atoms with Crippen molar-refractivity contribution in [3.8, 4) is 5.69 Å². The van der Waals surface area contributed by atoms with E-state index in [2.05, 4.69) is 217 Å². The predicted molar refractivity (Wildman–Crippen MR) is 252 cm³/mol. The molecule has 0 radical (unpaired) electrons. The number of nitrogens with zero attached hydrogens (tertiary/aromatic N) is 2. The van der Waals surface area contributed by atoms with Gasteiger partial charge in [-0.25, -0.2) is 0 Å². The first kappa shape index (κ1) is 33.2. The molecule has 11 aromatic rings. The fraction of sp³-hybridized carbons (Fsp3) is 0.0690. The van der Waals surface area contributed by atoms with Crippen LogP contribution in [0, 0.1) is 12.8 Å². The molecule has 2 aromatic heterocycles. The zero-order chi connectivity index (χ0) is 40.0. The molecular weight excluding hydrogens is 741 g/mol. The van der Waals surface area contributed by atoms with Crippen LogP contribution in [-0.4, -0.2) is 4.57 Å². The number of fused-ring (bicyclic) bond motifs is 19. The van der Waals surface area contributed by atoms with Gasteiger partial charge in [-0.15, -0.1) is 0 Å². The predicted octanol–water partition coefficient (Wildman–Crippen LogP) is 15.1. The van der Waals surface area contributed by atoms with E-state index in [9.17, 15) is 0 Å². The van der Waals surface area contributed by atoms with Crippen LogP contribution in [0.15, 0.2) is 199 Å². The van der Waals surface area contributed by atoms with Crippen molar-refractivity contribution in [2.45, 2.75) is 18.3 Å². The Labute approximate surface area is 353 Å². The van der Waals surface area contributed by atoms with Gasteiger partial charge >= 0.3 is 0 Å². The first-order valence-electron chi connectivity index (χ1n) is 21.4. The molecule has 0 saturated heterocycles. The first-order chi connectivity index (χ1) is 30.2. The van der Waals surface area contributed by atoms with Gasteiger partial charge in [0.15, 0.2) is 5.58 Å². The molecular formula is C58H38N2O. The molecule has 1 aliphatic heterocycles. The molecule has 0 fully saturated rings. The van der Waals surface area contributed by atoms with Crippen molar-refractivity contribution in [1.29, 1.82) is 0 Å². The van der Waals surface area contributed by atoms with E-state index in [1.54, 1.807) is 0 Å². The third kappa shape index (κ3) is 4.13. The summed E-state index contributed by atoms with van der Waals surface area (Å²) in [6.07, 6.45) is 4.96. The molecule has 0 amide bonds. The maximum Gasteiger partial charge on any atom is 0.159 e. The summed E-state index contributed by atoms with van der Waals surface area (Å²) in [5, 5.41) is 7.34. The molecule has 3 nitrogen and oxygen atoms in total. The SMILES string of the molecule is Cc1cccc2c1oc1c(N(c3ccccc3)c3cc4c(c5ccccc35)C3c5ccccc5C=CC3C43c4ccccc4-n4c5ccccc5c5cccc3c54)cccc12. The van der Waals surface area contributed by atoms with E-state index in [4.69, 9.17) is 4.42 Å². The maximum atomic E-state index is 6.97. The third-order valence-corrected chi connectivity index (χ3v) is 14.4. The van der Waals surface area contributed by atoms with Gasteiger partial charge in [0.2, 0.25) is 0 Å². The Balaban J connectivity index is 1.17. The number of benzene rings is 9. The van der Waals surface area contributed by atoms with Crippen LogP contribution in [0.5, 0.6) is 0 Å². The van der Waals surface area contributed by atoms with Crippen LogP contribution >= 0.6 is 0 Å². The molecule has 3 aliphatic rings. The van der Waals surface area contributed by atoms with E-state index in [1.165, 1.54) is 71.6 Å². The van der Waals surface area contributed by atoms with Gasteiger partial charge in [0.1, 0.15) is 5.58 Å². The summed E-state index contributed by atoms with van der Waals surface area (Å²) in [5.74, 6) is 0.239. The molecule has 0 N–H and O–H groups in total. The topological polar surface area (TPSA) is 21.3 Å². The van der Waals surface area contributed by atoms with Crippen molar-refractivity contribution in [3.63, 3.8) is 0 Å². The van der Waals surface area contributed by atoms with Crippen LogP contribution in [-0.2, 0) is 5.41 Å². The molecule has 2 aliphatic carbocycles. The summed E-state index contributed by atoms with van der Waals surface area (Å²) in [7, 11) is 0. The van der Waals surface area contributed by atoms with Crippen molar-refractivity contribution < 1.29 is 4.42 Å². The van der Waals surface area contributed by atoms with Gasteiger partial charge in [-0.3, -0.25) is 0 Å². The van der Waals surface area contributed by atoms with Crippen molar-refractivity contribution in [3.05, 3.63) is 233 Å². The highest BCUT2D eigenvalue weighted by Gasteiger charge is 2.58. The zero-order valence-electron chi connectivity index (χ0n) is 33.5. The summed E-state index contributed by atoms with van der Waals surface area (Å²) in [6, 6.07) is 70.1. The molecule has 3 heteroatoms. The monoisotopic (exact) mass is 778 g/mol. The molecule has 286 valence electrons. The van der Waals surface area contributed by atoms with E-state index >= 15 is 0 Å². The summed E-state index contributed by atoms with van der Waals surface area (Å²) in [4.78, 5) is 2.47. The van der Waals surface area contributed by atoms with Crippen molar-refractivity contribution in [2.75, 3.05) is 4.90 Å². The van der Waals surface area contributed by atoms with Gasteiger partial charge in [0.25, 0.3) is 0 Å². The number of hydrogen-bond acceptors (Lipinski definition) is 2. The highest BCUT2D eigenvalue weighted by Crippen LogP contribution is 2.67.